The zero-order valence-electron chi connectivity index (χ0n) is 14.2. The van der Waals surface area contributed by atoms with Crippen molar-refractivity contribution in [2.75, 3.05) is 21.3 Å². The molecule has 25 heavy (non-hydrogen) atoms. The Hall–Kier alpha value is -3.21. The molecule has 0 N–H and O–H groups in total. The number of benzene rings is 2. The number of ether oxygens (including phenoxy) is 3. The molecule has 0 aliphatic rings. The first-order chi connectivity index (χ1) is 12.1. The summed E-state index contributed by atoms with van der Waals surface area (Å²) in [5.41, 5.74) is 1.72. The van der Waals surface area contributed by atoms with Gasteiger partial charge in [0.15, 0.2) is 0 Å². The maximum Gasteiger partial charge on any atom is 0.336 e. The van der Waals surface area contributed by atoms with Crippen molar-refractivity contribution in [2.45, 2.75) is 0 Å². The number of methoxy groups -OCH3 is 3. The fourth-order valence-electron chi connectivity index (χ4n) is 2.54. The van der Waals surface area contributed by atoms with Gasteiger partial charge in [-0.3, -0.25) is 0 Å². The van der Waals surface area contributed by atoms with Gasteiger partial charge in [0.1, 0.15) is 22.8 Å². The van der Waals surface area contributed by atoms with Gasteiger partial charge >= 0.3 is 5.63 Å². The number of hydrogen-bond acceptors (Lipinski definition) is 5. The van der Waals surface area contributed by atoms with Crippen LogP contribution in [0.4, 0.5) is 0 Å². The van der Waals surface area contributed by atoms with Gasteiger partial charge in [-0.05, 0) is 35.4 Å². The van der Waals surface area contributed by atoms with Crippen LogP contribution >= 0.6 is 0 Å². The third kappa shape index (κ3) is 3.66. The first-order valence-electron chi connectivity index (χ1n) is 7.66. The van der Waals surface area contributed by atoms with Crippen molar-refractivity contribution in [3.63, 3.8) is 0 Å². The Morgan fingerprint density at radius 3 is 2.12 bits per heavy atom. The number of hydrogen-bond donors (Lipinski definition) is 0. The lowest BCUT2D eigenvalue weighted by atomic mass is 10.1. The monoisotopic (exact) mass is 338 g/mol. The smallest absolute Gasteiger partial charge is 0.336 e. The van der Waals surface area contributed by atoms with E-state index in [-0.39, 0.29) is 0 Å². The predicted octanol–water partition coefficient (Wildman–Crippen LogP) is 3.99. The van der Waals surface area contributed by atoms with Gasteiger partial charge in [-0.25, -0.2) is 4.79 Å². The molecule has 0 fully saturated rings. The van der Waals surface area contributed by atoms with Crippen LogP contribution in [0, 0.1) is 0 Å². The summed E-state index contributed by atoms with van der Waals surface area (Å²) in [5, 5.41) is 0.825. The molecule has 0 aliphatic carbocycles. The van der Waals surface area contributed by atoms with Crippen molar-refractivity contribution < 1.29 is 18.6 Å². The summed E-state index contributed by atoms with van der Waals surface area (Å²) in [6, 6.07) is 12.4. The van der Waals surface area contributed by atoms with Gasteiger partial charge in [-0.15, -0.1) is 0 Å². The average molecular weight is 338 g/mol. The van der Waals surface area contributed by atoms with Crippen LogP contribution in [-0.4, -0.2) is 21.3 Å². The van der Waals surface area contributed by atoms with Gasteiger partial charge in [-0.2, -0.15) is 0 Å². The molecule has 0 atom stereocenters. The van der Waals surface area contributed by atoms with Crippen molar-refractivity contribution in [2.24, 2.45) is 0 Å². The Labute approximate surface area is 145 Å². The first kappa shape index (κ1) is 16.6. The summed E-state index contributed by atoms with van der Waals surface area (Å²) >= 11 is 0. The third-order valence-electron chi connectivity index (χ3n) is 3.81. The Bertz CT molecular complexity index is 963. The molecule has 2 aromatic carbocycles. The van der Waals surface area contributed by atoms with E-state index in [2.05, 4.69) is 0 Å². The third-order valence-corrected chi connectivity index (χ3v) is 3.81. The molecule has 0 bridgehead atoms. The van der Waals surface area contributed by atoms with E-state index in [1.54, 1.807) is 33.5 Å². The lowest BCUT2D eigenvalue weighted by molar-refractivity contribution is 0.394. The highest BCUT2D eigenvalue weighted by atomic mass is 16.5. The normalized spacial score (nSPS) is 11.0. The lowest BCUT2D eigenvalue weighted by Crippen LogP contribution is -1.98. The minimum absolute atomic E-state index is 0.413. The maximum atomic E-state index is 11.8. The van der Waals surface area contributed by atoms with Crippen molar-refractivity contribution >= 4 is 23.1 Å². The first-order valence-corrected chi connectivity index (χ1v) is 7.66. The molecule has 0 saturated heterocycles. The Morgan fingerprint density at radius 2 is 1.48 bits per heavy atom. The van der Waals surface area contributed by atoms with Crippen LogP contribution in [-0.2, 0) is 0 Å². The summed E-state index contributed by atoms with van der Waals surface area (Å²) in [6.45, 7) is 0. The van der Waals surface area contributed by atoms with E-state index in [0.29, 0.717) is 22.8 Å². The molecule has 5 heteroatoms. The van der Waals surface area contributed by atoms with E-state index in [0.717, 1.165) is 16.5 Å². The summed E-state index contributed by atoms with van der Waals surface area (Å²) in [4.78, 5) is 11.8. The minimum Gasteiger partial charge on any atom is -0.497 e. The Balaban J connectivity index is 2.05. The highest BCUT2D eigenvalue weighted by molar-refractivity contribution is 5.90. The van der Waals surface area contributed by atoms with E-state index in [9.17, 15) is 4.79 Å². The molecule has 128 valence electrons. The summed E-state index contributed by atoms with van der Waals surface area (Å²) < 4.78 is 21.0. The summed E-state index contributed by atoms with van der Waals surface area (Å²) in [6.07, 6.45) is 3.75. The van der Waals surface area contributed by atoms with E-state index in [4.69, 9.17) is 18.6 Å². The molecular formula is C20H18O5. The molecule has 0 amide bonds. The fraction of sp³-hybridized carbons (Fsp3) is 0.150. The van der Waals surface area contributed by atoms with Crippen LogP contribution in [0.2, 0.25) is 0 Å². The van der Waals surface area contributed by atoms with Crippen LogP contribution in [0.1, 0.15) is 11.1 Å². The van der Waals surface area contributed by atoms with Crippen LogP contribution < -0.4 is 19.8 Å². The molecule has 1 aromatic heterocycles. The van der Waals surface area contributed by atoms with Crippen molar-refractivity contribution in [3.8, 4) is 17.2 Å². The fourth-order valence-corrected chi connectivity index (χ4v) is 2.54. The zero-order chi connectivity index (χ0) is 17.8. The van der Waals surface area contributed by atoms with Gasteiger partial charge in [0.05, 0.1) is 21.3 Å². The molecule has 0 unspecified atom stereocenters. The molecule has 0 radical (unpaired) electrons. The second kappa shape index (κ2) is 7.13. The van der Waals surface area contributed by atoms with Crippen molar-refractivity contribution in [3.05, 3.63) is 64.0 Å². The summed E-state index contributed by atoms with van der Waals surface area (Å²) in [5.74, 6) is 2.02. The average Bonchev–Trinajstić information content (AvgIpc) is 2.64. The van der Waals surface area contributed by atoms with Crippen LogP contribution in [0.5, 0.6) is 17.2 Å². The Morgan fingerprint density at radius 1 is 0.800 bits per heavy atom. The molecule has 3 aromatic rings. The molecule has 5 nitrogen and oxygen atoms in total. The van der Waals surface area contributed by atoms with E-state index in [1.165, 1.54) is 6.07 Å². The predicted molar refractivity (Wildman–Crippen MR) is 97.5 cm³/mol. The largest absolute Gasteiger partial charge is 0.497 e. The van der Waals surface area contributed by atoms with Crippen LogP contribution in [0.25, 0.3) is 23.1 Å². The standard InChI is InChI=1S/C20H18O5/c1-22-15-6-7-18-14(10-20(21)25-19(18)12-15)5-4-13-8-16(23-2)11-17(9-13)24-3/h4-12H,1-3H3/b5-4+. The summed E-state index contributed by atoms with van der Waals surface area (Å²) in [7, 11) is 4.77. The molecule has 0 saturated carbocycles. The van der Waals surface area contributed by atoms with E-state index >= 15 is 0 Å². The Kier molecular flexibility index (Phi) is 4.75. The van der Waals surface area contributed by atoms with Crippen LogP contribution in [0.3, 0.4) is 0 Å². The lowest BCUT2D eigenvalue weighted by Gasteiger charge is -2.06. The maximum absolute atomic E-state index is 11.8. The van der Waals surface area contributed by atoms with E-state index in [1.807, 2.05) is 36.4 Å². The van der Waals surface area contributed by atoms with Gasteiger partial charge in [0.25, 0.3) is 0 Å². The quantitative estimate of drug-likeness (QED) is 0.658. The van der Waals surface area contributed by atoms with Crippen molar-refractivity contribution in [1.29, 1.82) is 0 Å². The molecule has 0 spiro atoms. The highest BCUT2D eigenvalue weighted by Gasteiger charge is 2.05. The number of fused-ring (bicyclic) bond motifs is 1. The van der Waals surface area contributed by atoms with Gasteiger partial charge in [-0.1, -0.05) is 12.2 Å². The van der Waals surface area contributed by atoms with E-state index < -0.39 is 5.63 Å². The number of rotatable bonds is 5. The molecule has 0 aliphatic heterocycles. The zero-order valence-corrected chi connectivity index (χ0v) is 14.2. The second-order valence-corrected chi connectivity index (χ2v) is 5.36. The highest BCUT2D eigenvalue weighted by Crippen LogP contribution is 2.26. The topological polar surface area (TPSA) is 57.9 Å². The minimum atomic E-state index is -0.413. The SMILES string of the molecule is COc1cc(/C=C/c2cc(=O)oc3cc(OC)ccc23)cc(OC)c1. The molecule has 3 rings (SSSR count). The molecule has 1 heterocycles. The van der Waals surface area contributed by atoms with Gasteiger partial charge < -0.3 is 18.6 Å². The van der Waals surface area contributed by atoms with Crippen LogP contribution in [0.15, 0.2) is 51.7 Å². The molecular weight excluding hydrogens is 320 g/mol. The second-order valence-electron chi connectivity index (χ2n) is 5.36. The van der Waals surface area contributed by atoms with Gasteiger partial charge in [0, 0.05) is 23.6 Å². The van der Waals surface area contributed by atoms with Gasteiger partial charge in [0.2, 0.25) is 0 Å². The van der Waals surface area contributed by atoms with Crippen molar-refractivity contribution in [1.82, 2.24) is 0 Å².